The summed E-state index contributed by atoms with van der Waals surface area (Å²) in [6, 6.07) is 12.8. The standard InChI is InChI=1S/C25H28BrFN2O2/c1-24(2)13-16(14-25(3,4)31-24)21-15-29(17-10-11-20(27)19(26)12-17)23(28-21)18-8-6-7-9-22(18)30-5/h6-12,15-16H,13-14H2,1-5H3. The van der Waals surface area contributed by atoms with E-state index >= 15 is 0 Å². The van der Waals surface area contributed by atoms with Crippen LogP contribution >= 0.6 is 15.9 Å². The van der Waals surface area contributed by atoms with Gasteiger partial charge in [-0.05, 0) is 86.8 Å². The van der Waals surface area contributed by atoms with Crippen molar-refractivity contribution in [3.8, 4) is 22.8 Å². The van der Waals surface area contributed by atoms with Crippen LogP contribution in [-0.4, -0.2) is 27.9 Å². The lowest BCUT2D eigenvalue weighted by Gasteiger charge is -2.45. The Labute approximate surface area is 191 Å². The van der Waals surface area contributed by atoms with Crippen molar-refractivity contribution in [2.75, 3.05) is 7.11 Å². The Hall–Kier alpha value is -2.18. The molecule has 0 radical (unpaired) electrons. The Balaban J connectivity index is 1.87. The van der Waals surface area contributed by atoms with E-state index in [1.165, 1.54) is 6.07 Å². The molecule has 6 heteroatoms. The first-order chi connectivity index (χ1) is 14.6. The fourth-order valence-electron chi connectivity index (χ4n) is 4.75. The predicted molar refractivity (Wildman–Crippen MR) is 124 cm³/mol. The van der Waals surface area contributed by atoms with E-state index < -0.39 is 0 Å². The van der Waals surface area contributed by atoms with Crippen LogP contribution in [0.15, 0.2) is 53.1 Å². The Morgan fingerprint density at radius 2 is 1.77 bits per heavy atom. The lowest BCUT2D eigenvalue weighted by Crippen LogP contribution is -2.44. The zero-order valence-electron chi connectivity index (χ0n) is 18.6. The summed E-state index contributed by atoms with van der Waals surface area (Å²) in [6.45, 7) is 8.54. The van der Waals surface area contributed by atoms with E-state index in [2.05, 4.69) is 49.8 Å². The fourth-order valence-corrected chi connectivity index (χ4v) is 5.11. The molecule has 0 spiro atoms. The lowest BCUT2D eigenvalue weighted by atomic mass is 9.79. The van der Waals surface area contributed by atoms with Crippen LogP contribution < -0.4 is 4.74 Å². The van der Waals surface area contributed by atoms with Gasteiger partial charge in [0.25, 0.3) is 0 Å². The number of hydrogen-bond donors (Lipinski definition) is 0. The van der Waals surface area contributed by atoms with Crippen molar-refractivity contribution in [3.63, 3.8) is 0 Å². The minimum Gasteiger partial charge on any atom is -0.496 e. The number of benzene rings is 2. The lowest BCUT2D eigenvalue weighted by molar-refractivity contribution is -0.162. The Bertz CT molecular complexity index is 1090. The number of nitrogens with zero attached hydrogens (tertiary/aromatic N) is 2. The van der Waals surface area contributed by atoms with Crippen LogP contribution in [0.25, 0.3) is 17.1 Å². The van der Waals surface area contributed by atoms with E-state index in [-0.39, 0.29) is 22.9 Å². The first-order valence-corrected chi connectivity index (χ1v) is 11.3. The Morgan fingerprint density at radius 3 is 2.42 bits per heavy atom. The predicted octanol–water partition coefficient (Wildman–Crippen LogP) is 6.90. The second kappa shape index (κ2) is 8.06. The molecule has 1 aliphatic heterocycles. The van der Waals surface area contributed by atoms with Crippen molar-refractivity contribution >= 4 is 15.9 Å². The molecule has 1 saturated heterocycles. The molecule has 0 bridgehead atoms. The number of imidazole rings is 1. The quantitative estimate of drug-likeness (QED) is 0.402. The number of methoxy groups -OCH3 is 1. The molecule has 4 rings (SSSR count). The molecule has 1 fully saturated rings. The van der Waals surface area contributed by atoms with Gasteiger partial charge in [-0.25, -0.2) is 9.37 Å². The monoisotopic (exact) mass is 486 g/mol. The van der Waals surface area contributed by atoms with Gasteiger partial charge in [0.05, 0.1) is 34.0 Å². The number of halogens is 2. The summed E-state index contributed by atoms with van der Waals surface area (Å²) < 4.78 is 28.2. The summed E-state index contributed by atoms with van der Waals surface area (Å²) >= 11 is 3.32. The highest BCUT2D eigenvalue weighted by molar-refractivity contribution is 9.10. The minimum absolute atomic E-state index is 0.236. The van der Waals surface area contributed by atoms with Gasteiger partial charge in [-0.2, -0.15) is 0 Å². The highest BCUT2D eigenvalue weighted by Crippen LogP contribution is 2.44. The van der Waals surface area contributed by atoms with Gasteiger partial charge < -0.3 is 9.47 Å². The summed E-state index contributed by atoms with van der Waals surface area (Å²) in [6.07, 6.45) is 3.83. The second-order valence-corrected chi connectivity index (χ2v) is 10.2. The summed E-state index contributed by atoms with van der Waals surface area (Å²) in [5.41, 5.74) is 2.26. The van der Waals surface area contributed by atoms with E-state index in [0.29, 0.717) is 4.47 Å². The van der Waals surface area contributed by atoms with Crippen molar-refractivity contribution in [3.05, 3.63) is 64.6 Å². The summed E-state index contributed by atoms with van der Waals surface area (Å²) in [7, 11) is 1.66. The molecular weight excluding hydrogens is 459 g/mol. The maximum Gasteiger partial charge on any atom is 0.148 e. The van der Waals surface area contributed by atoms with Crippen LogP contribution in [0.5, 0.6) is 5.75 Å². The molecule has 0 N–H and O–H groups in total. The van der Waals surface area contributed by atoms with E-state index in [0.717, 1.165) is 41.4 Å². The minimum atomic E-state index is -0.296. The van der Waals surface area contributed by atoms with Crippen LogP contribution in [-0.2, 0) is 4.74 Å². The maximum atomic E-state index is 13.9. The van der Waals surface area contributed by atoms with Crippen molar-refractivity contribution in [1.29, 1.82) is 0 Å². The van der Waals surface area contributed by atoms with Crippen LogP contribution in [0, 0.1) is 5.82 Å². The van der Waals surface area contributed by atoms with Gasteiger partial charge >= 0.3 is 0 Å². The third-order valence-corrected chi connectivity index (χ3v) is 6.31. The van der Waals surface area contributed by atoms with Gasteiger partial charge in [0, 0.05) is 17.8 Å². The average Bonchev–Trinajstić information content (AvgIpc) is 3.13. The third kappa shape index (κ3) is 4.55. The maximum absolute atomic E-state index is 13.9. The number of aromatic nitrogens is 2. The first kappa shape index (κ1) is 22.0. The first-order valence-electron chi connectivity index (χ1n) is 10.5. The molecule has 0 saturated carbocycles. The largest absolute Gasteiger partial charge is 0.496 e. The van der Waals surface area contributed by atoms with E-state index in [4.69, 9.17) is 14.5 Å². The highest BCUT2D eigenvalue weighted by Gasteiger charge is 2.41. The normalized spacial score (nSPS) is 18.2. The van der Waals surface area contributed by atoms with Crippen LogP contribution in [0.4, 0.5) is 4.39 Å². The SMILES string of the molecule is COc1ccccc1-c1nc(C2CC(C)(C)OC(C)(C)C2)cn1-c1ccc(F)c(Br)c1. The van der Waals surface area contributed by atoms with Crippen LogP contribution in [0.2, 0.25) is 0 Å². The summed E-state index contributed by atoms with van der Waals surface area (Å²) in [4.78, 5) is 5.09. The zero-order chi connectivity index (χ0) is 22.4. The summed E-state index contributed by atoms with van der Waals surface area (Å²) in [5, 5.41) is 0. The smallest absolute Gasteiger partial charge is 0.148 e. The topological polar surface area (TPSA) is 36.3 Å². The Kier molecular flexibility index (Phi) is 5.73. The van der Waals surface area contributed by atoms with Gasteiger partial charge in [0.2, 0.25) is 0 Å². The molecule has 0 unspecified atom stereocenters. The molecule has 2 aromatic carbocycles. The second-order valence-electron chi connectivity index (χ2n) is 9.38. The fraction of sp³-hybridized carbons (Fsp3) is 0.400. The van der Waals surface area contributed by atoms with Crippen molar-refractivity contribution in [1.82, 2.24) is 9.55 Å². The van der Waals surface area contributed by atoms with Gasteiger partial charge in [-0.3, -0.25) is 4.57 Å². The van der Waals surface area contributed by atoms with E-state index in [1.54, 1.807) is 19.2 Å². The zero-order valence-corrected chi connectivity index (χ0v) is 20.2. The average molecular weight is 487 g/mol. The number of ether oxygens (including phenoxy) is 2. The molecule has 1 aromatic heterocycles. The van der Waals surface area contributed by atoms with E-state index in [1.807, 2.05) is 28.8 Å². The van der Waals surface area contributed by atoms with Crippen LogP contribution in [0.1, 0.15) is 52.1 Å². The van der Waals surface area contributed by atoms with Gasteiger partial charge in [-0.1, -0.05) is 12.1 Å². The molecule has 31 heavy (non-hydrogen) atoms. The molecular formula is C25H28BrFN2O2. The molecule has 2 heterocycles. The van der Waals surface area contributed by atoms with Gasteiger partial charge in [-0.15, -0.1) is 0 Å². The van der Waals surface area contributed by atoms with Gasteiger partial charge in [0.1, 0.15) is 17.4 Å². The molecule has 1 aliphatic rings. The third-order valence-electron chi connectivity index (χ3n) is 5.70. The molecule has 4 nitrogen and oxygen atoms in total. The molecule has 3 aromatic rings. The van der Waals surface area contributed by atoms with Crippen LogP contribution in [0.3, 0.4) is 0 Å². The highest BCUT2D eigenvalue weighted by atomic mass is 79.9. The molecule has 0 amide bonds. The van der Waals surface area contributed by atoms with E-state index in [9.17, 15) is 4.39 Å². The number of hydrogen-bond acceptors (Lipinski definition) is 3. The molecule has 0 atom stereocenters. The summed E-state index contributed by atoms with van der Waals surface area (Å²) in [5.74, 6) is 1.47. The number of rotatable bonds is 4. The number of para-hydroxylation sites is 1. The molecule has 0 aliphatic carbocycles. The Morgan fingerprint density at radius 1 is 1.10 bits per heavy atom. The van der Waals surface area contributed by atoms with Crippen molar-refractivity contribution in [2.45, 2.75) is 57.7 Å². The van der Waals surface area contributed by atoms with Gasteiger partial charge in [0.15, 0.2) is 0 Å². The molecule has 164 valence electrons. The van der Waals surface area contributed by atoms with Crippen molar-refractivity contribution in [2.24, 2.45) is 0 Å². The van der Waals surface area contributed by atoms with Crippen molar-refractivity contribution < 1.29 is 13.9 Å².